The van der Waals surface area contributed by atoms with Gasteiger partial charge in [-0.1, -0.05) is 35.5 Å². The number of hydrogen-bond donors (Lipinski definition) is 0. The van der Waals surface area contributed by atoms with Crippen LogP contribution in [0.3, 0.4) is 0 Å². The van der Waals surface area contributed by atoms with Gasteiger partial charge >= 0.3 is 6.09 Å². The van der Waals surface area contributed by atoms with E-state index in [9.17, 15) is 4.79 Å². The van der Waals surface area contributed by atoms with Gasteiger partial charge in [0.2, 0.25) is 11.7 Å². The fraction of sp³-hybridized carbons (Fsp3) is 0.350. The van der Waals surface area contributed by atoms with Gasteiger partial charge in [0.05, 0.1) is 6.20 Å². The highest BCUT2D eigenvalue weighted by Crippen LogP contribution is 2.22. The van der Waals surface area contributed by atoms with Crippen molar-refractivity contribution < 1.29 is 14.1 Å². The fourth-order valence-electron chi connectivity index (χ4n) is 3.31. The van der Waals surface area contributed by atoms with Crippen molar-refractivity contribution in [2.75, 3.05) is 13.1 Å². The molecule has 1 amide bonds. The van der Waals surface area contributed by atoms with Gasteiger partial charge in [0.1, 0.15) is 12.3 Å². The number of piperidine rings is 1. The van der Waals surface area contributed by atoms with E-state index in [0.717, 1.165) is 18.4 Å². The number of amides is 1. The monoisotopic (exact) mass is 379 g/mol. The Bertz CT molecular complexity index is 900. The minimum absolute atomic E-state index is 0.258. The second-order valence-electron chi connectivity index (χ2n) is 6.80. The lowest BCUT2D eigenvalue weighted by Crippen LogP contribution is -2.40. The van der Waals surface area contributed by atoms with Gasteiger partial charge in [-0.15, -0.1) is 0 Å². The number of rotatable bonds is 5. The molecular formula is C20H21N5O3. The number of carbonyl (C=O) groups excluding carboxylic acids is 1. The van der Waals surface area contributed by atoms with Crippen molar-refractivity contribution >= 4 is 6.09 Å². The Morgan fingerprint density at radius 2 is 2.14 bits per heavy atom. The Hall–Kier alpha value is -3.29. The van der Waals surface area contributed by atoms with Gasteiger partial charge in [0.25, 0.3) is 0 Å². The molecule has 1 atom stereocenters. The molecule has 0 spiro atoms. The summed E-state index contributed by atoms with van der Waals surface area (Å²) in [6.07, 6.45) is 7.06. The Labute approximate surface area is 162 Å². The minimum atomic E-state index is -0.278. The largest absolute Gasteiger partial charge is 0.445 e. The number of aromatic nitrogens is 4. The third-order valence-electron chi connectivity index (χ3n) is 4.71. The van der Waals surface area contributed by atoms with Crippen molar-refractivity contribution in [3.05, 3.63) is 60.4 Å². The Balaban J connectivity index is 1.31. The summed E-state index contributed by atoms with van der Waals surface area (Å²) in [4.78, 5) is 26.7. The summed E-state index contributed by atoms with van der Waals surface area (Å²) in [7, 11) is 0. The highest BCUT2D eigenvalue weighted by Gasteiger charge is 2.26. The topological polar surface area (TPSA) is 94.2 Å². The lowest BCUT2D eigenvalue weighted by atomic mass is 9.95. The maximum absolute atomic E-state index is 12.4. The average molecular weight is 379 g/mol. The van der Waals surface area contributed by atoms with Crippen LogP contribution in [-0.2, 0) is 17.8 Å². The molecule has 8 nitrogen and oxygen atoms in total. The highest BCUT2D eigenvalue weighted by atomic mass is 16.6. The maximum Gasteiger partial charge on any atom is 0.410 e. The van der Waals surface area contributed by atoms with Crippen molar-refractivity contribution in [3.63, 3.8) is 0 Å². The molecule has 1 aliphatic rings. The van der Waals surface area contributed by atoms with Crippen LogP contribution in [0, 0.1) is 5.92 Å². The standard InChI is InChI=1S/C20H21N5O3/c26-20(27-14-15-5-2-1-3-6-15)25-10-4-7-16(13-25)11-18-23-19(24-28-18)17-12-21-8-9-22-17/h1-3,5-6,8-9,12,16H,4,7,10-11,13-14H2/t16-/m1/s1. The number of benzene rings is 1. The van der Waals surface area contributed by atoms with Gasteiger partial charge in [-0.3, -0.25) is 4.98 Å². The van der Waals surface area contributed by atoms with E-state index < -0.39 is 0 Å². The van der Waals surface area contributed by atoms with Crippen molar-refractivity contribution in [2.45, 2.75) is 25.9 Å². The fourth-order valence-corrected chi connectivity index (χ4v) is 3.31. The van der Waals surface area contributed by atoms with Crippen LogP contribution in [0.15, 0.2) is 53.4 Å². The molecule has 0 N–H and O–H groups in total. The molecule has 2 aromatic heterocycles. The Morgan fingerprint density at radius 1 is 1.25 bits per heavy atom. The molecule has 3 heterocycles. The van der Waals surface area contributed by atoms with Gasteiger partial charge in [-0.2, -0.15) is 4.98 Å². The summed E-state index contributed by atoms with van der Waals surface area (Å²) in [5, 5.41) is 3.98. The molecular weight excluding hydrogens is 358 g/mol. The number of ether oxygens (including phenoxy) is 1. The molecule has 1 aliphatic heterocycles. The SMILES string of the molecule is O=C(OCc1ccccc1)N1CCC[C@H](Cc2nc(-c3cnccn3)no2)C1. The van der Waals surface area contributed by atoms with Gasteiger partial charge in [-0.05, 0) is 24.3 Å². The van der Waals surface area contributed by atoms with E-state index in [1.165, 1.54) is 0 Å². The van der Waals surface area contributed by atoms with Gasteiger partial charge in [-0.25, -0.2) is 9.78 Å². The van der Waals surface area contributed by atoms with E-state index in [0.29, 0.717) is 36.9 Å². The first-order chi connectivity index (χ1) is 13.8. The zero-order chi connectivity index (χ0) is 19.2. The molecule has 1 aromatic carbocycles. The van der Waals surface area contributed by atoms with Crippen LogP contribution in [0.1, 0.15) is 24.3 Å². The summed E-state index contributed by atoms with van der Waals surface area (Å²) in [5.74, 6) is 1.23. The van der Waals surface area contributed by atoms with E-state index in [1.807, 2.05) is 30.3 Å². The summed E-state index contributed by atoms with van der Waals surface area (Å²) in [6.45, 7) is 1.61. The van der Waals surface area contributed by atoms with Crippen LogP contribution in [0.25, 0.3) is 11.5 Å². The molecule has 3 aromatic rings. The normalized spacial score (nSPS) is 16.7. The first-order valence-corrected chi connectivity index (χ1v) is 9.32. The van der Waals surface area contributed by atoms with E-state index in [2.05, 4.69) is 20.1 Å². The molecule has 28 heavy (non-hydrogen) atoms. The molecule has 144 valence electrons. The van der Waals surface area contributed by atoms with Gasteiger partial charge in [0, 0.05) is 31.9 Å². The zero-order valence-corrected chi connectivity index (χ0v) is 15.4. The van der Waals surface area contributed by atoms with Crippen molar-refractivity contribution in [2.24, 2.45) is 5.92 Å². The molecule has 4 rings (SSSR count). The Morgan fingerprint density at radius 3 is 2.96 bits per heavy atom. The number of likely N-dealkylation sites (tertiary alicyclic amines) is 1. The van der Waals surface area contributed by atoms with Crippen molar-refractivity contribution in [1.82, 2.24) is 25.0 Å². The molecule has 0 unspecified atom stereocenters. The van der Waals surface area contributed by atoms with E-state index in [-0.39, 0.29) is 18.6 Å². The predicted molar refractivity (Wildman–Crippen MR) is 100.0 cm³/mol. The third-order valence-corrected chi connectivity index (χ3v) is 4.71. The van der Waals surface area contributed by atoms with Crippen LogP contribution >= 0.6 is 0 Å². The van der Waals surface area contributed by atoms with E-state index in [4.69, 9.17) is 9.26 Å². The molecule has 0 aliphatic carbocycles. The predicted octanol–water partition coefficient (Wildman–Crippen LogP) is 3.12. The van der Waals surface area contributed by atoms with Gasteiger partial charge < -0.3 is 14.2 Å². The van der Waals surface area contributed by atoms with Crippen LogP contribution in [0.5, 0.6) is 0 Å². The first kappa shape index (κ1) is 18.1. The number of carbonyl (C=O) groups is 1. The van der Waals surface area contributed by atoms with Crippen LogP contribution in [0.2, 0.25) is 0 Å². The lowest BCUT2D eigenvalue weighted by molar-refractivity contribution is 0.0780. The highest BCUT2D eigenvalue weighted by molar-refractivity contribution is 5.67. The van der Waals surface area contributed by atoms with Gasteiger partial charge in [0.15, 0.2) is 0 Å². The van der Waals surface area contributed by atoms with Crippen molar-refractivity contribution in [3.8, 4) is 11.5 Å². The molecule has 1 fully saturated rings. The molecule has 0 radical (unpaired) electrons. The number of nitrogens with zero attached hydrogens (tertiary/aromatic N) is 5. The first-order valence-electron chi connectivity index (χ1n) is 9.32. The average Bonchev–Trinajstić information content (AvgIpc) is 3.22. The second kappa shape index (κ2) is 8.60. The lowest BCUT2D eigenvalue weighted by Gasteiger charge is -2.31. The smallest absolute Gasteiger partial charge is 0.410 e. The molecule has 8 heteroatoms. The summed E-state index contributed by atoms with van der Waals surface area (Å²) >= 11 is 0. The molecule has 1 saturated heterocycles. The van der Waals surface area contributed by atoms with Crippen molar-refractivity contribution in [1.29, 1.82) is 0 Å². The molecule has 0 bridgehead atoms. The Kier molecular flexibility index (Phi) is 5.56. The van der Waals surface area contributed by atoms with Crippen LogP contribution in [0.4, 0.5) is 4.79 Å². The minimum Gasteiger partial charge on any atom is -0.445 e. The zero-order valence-electron chi connectivity index (χ0n) is 15.4. The summed E-state index contributed by atoms with van der Waals surface area (Å²) in [6, 6.07) is 9.68. The second-order valence-corrected chi connectivity index (χ2v) is 6.80. The summed E-state index contributed by atoms with van der Waals surface area (Å²) < 4.78 is 10.8. The quantitative estimate of drug-likeness (QED) is 0.672. The van der Waals surface area contributed by atoms with Crippen LogP contribution < -0.4 is 0 Å². The summed E-state index contributed by atoms with van der Waals surface area (Å²) in [5.41, 5.74) is 1.55. The maximum atomic E-state index is 12.4. The number of hydrogen-bond acceptors (Lipinski definition) is 7. The van der Waals surface area contributed by atoms with Crippen LogP contribution in [-0.4, -0.2) is 44.2 Å². The third kappa shape index (κ3) is 4.51. The van der Waals surface area contributed by atoms with E-state index >= 15 is 0 Å². The van der Waals surface area contributed by atoms with E-state index in [1.54, 1.807) is 23.5 Å². The molecule has 0 saturated carbocycles.